The number of ether oxygens (including phenoxy) is 1. The van der Waals surface area contributed by atoms with Crippen molar-refractivity contribution in [3.05, 3.63) is 61.2 Å². The molecule has 0 aliphatic carbocycles. The third kappa shape index (κ3) is 5.53. The van der Waals surface area contributed by atoms with Crippen molar-refractivity contribution in [2.24, 2.45) is 0 Å². The maximum atomic E-state index is 12.5. The molecule has 5 nitrogen and oxygen atoms in total. The van der Waals surface area contributed by atoms with Gasteiger partial charge in [-0.2, -0.15) is 0 Å². The second-order valence-electron chi connectivity index (χ2n) is 6.76. The van der Waals surface area contributed by atoms with Crippen molar-refractivity contribution in [2.45, 2.75) is 4.90 Å². The van der Waals surface area contributed by atoms with Crippen molar-refractivity contribution in [3.8, 4) is 5.75 Å². The summed E-state index contributed by atoms with van der Waals surface area (Å²) < 4.78 is 5.22. The Hall–Kier alpha value is -2.44. The number of anilines is 2. The fourth-order valence-corrected chi connectivity index (χ4v) is 4.06. The Balaban J connectivity index is 1.49. The molecule has 1 saturated heterocycles. The van der Waals surface area contributed by atoms with Crippen LogP contribution in [0.5, 0.6) is 5.75 Å². The van der Waals surface area contributed by atoms with Gasteiger partial charge < -0.3 is 19.9 Å². The summed E-state index contributed by atoms with van der Waals surface area (Å²) in [6.45, 7) is 8.05. The third-order valence-corrected chi connectivity index (χ3v) is 5.91. The van der Waals surface area contributed by atoms with Gasteiger partial charge in [0.2, 0.25) is 0 Å². The number of hydrogen-bond donors (Lipinski definition) is 2. The molecular formula is C22H28N3O2S+. The molecule has 1 aliphatic heterocycles. The summed E-state index contributed by atoms with van der Waals surface area (Å²) in [5, 5.41) is 3.08. The summed E-state index contributed by atoms with van der Waals surface area (Å²) >= 11 is 1.68. The van der Waals surface area contributed by atoms with Crippen LogP contribution >= 0.6 is 11.8 Å². The number of benzene rings is 2. The summed E-state index contributed by atoms with van der Waals surface area (Å²) in [6, 6.07) is 16.1. The first-order chi connectivity index (χ1) is 13.7. The van der Waals surface area contributed by atoms with Crippen LogP contribution in [0.15, 0.2) is 66.1 Å². The molecule has 2 aromatic rings. The van der Waals surface area contributed by atoms with E-state index in [4.69, 9.17) is 4.74 Å². The van der Waals surface area contributed by atoms with Crippen LogP contribution < -0.4 is 19.9 Å². The lowest BCUT2D eigenvalue weighted by Crippen LogP contribution is -3.15. The molecule has 148 valence electrons. The lowest BCUT2D eigenvalue weighted by molar-refractivity contribution is -0.892. The lowest BCUT2D eigenvalue weighted by atomic mass is 10.2. The van der Waals surface area contributed by atoms with Gasteiger partial charge in [0, 0.05) is 16.3 Å². The number of quaternary nitrogens is 1. The van der Waals surface area contributed by atoms with E-state index in [0.29, 0.717) is 6.54 Å². The first-order valence-electron chi connectivity index (χ1n) is 9.54. The summed E-state index contributed by atoms with van der Waals surface area (Å²) in [5.74, 6) is 1.77. The zero-order valence-electron chi connectivity index (χ0n) is 16.3. The van der Waals surface area contributed by atoms with Crippen LogP contribution in [0.25, 0.3) is 0 Å². The van der Waals surface area contributed by atoms with Gasteiger partial charge in [0.15, 0.2) is 6.54 Å². The molecule has 1 amide bonds. The molecular weight excluding hydrogens is 370 g/mol. The Morgan fingerprint density at radius 2 is 1.93 bits per heavy atom. The molecule has 0 bridgehead atoms. The molecule has 0 aromatic heterocycles. The molecule has 2 aromatic carbocycles. The van der Waals surface area contributed by atoms with Gasteiger partial charge in [-0.05, 0) is 36.4 Å². The minimum atomic E-state index is 0.0690. The Morgan fingerprint density at radius 3 is 2.61 bits per heavy atom. The summed E-state index contributed by atoms with van der Waals surface area (Å²) in [6.07, 6.45) is 1.87. The molecule has 1 aliphatic rings. The highest BCUT2D eigenvalue weighted by Crippen LogP contribution is 2.26. The summed E-state index contributed by atoms with van der Waals surface area (Å²) in [7, 11) is 1.68. The van der Waals surface area contributed by atoms with E-state index >= 15 is 0 Å². The topological polar surface area (TPSA) is 46.0 Å². The fraction of sp³-hybridized carbons (Fsp3) is 0.318. The van der Waals surface area contributed by atoms with Gasteiger partial charge in [0.25, 0.3) is 5.91 Å². The number of rotatable bonds is 8. The Labute approximate surface area is 171 Å². The number of nitrogens with zero attached hydrogens (tertiary/aromatic N) is 1. The predicted octanol–water partition coefficient (Wildman–Crippen LogP) is 2.32. The number of carbonyl (C=O) groups is 1. The van der Waals surface area contributed by atoms with E-state index in [0.717, 1.165) is 48.3 Å². The van der Waals surface area contributed by atoms with Gasteiger partial charge in [0.1, 0.15) is 5.75 Å². The van der Waals surface area contributed by atoms with Crippen molar-refractivity contribution >= 4 is 29.0 Å². The van der Waals surface area contributed by atoms with Gasteiger partial charge in [-0.25, -0.2) is 0 Å². The average molecular weight is 399 g/mol. The SMILES string of the molecule is C=CCSc1ccccc1NC(=O)C[NH+]1CCN(c2ccc(OC)cc2)CC1. The van der Waals surface area contributed by atoms with Crippen LogP contribution in [0.2, 0.25) is 0 Å². The van der Waals surface area contributed by atoms with Gasteiger partial charge in [-0.15, -0.1) is 18.3 Å². The van der Waals surface area contributed by atoms with Crippen molar-refractivity contribution in [1.82, 2.24) is 0 Å². The molecule has 1 fully saturated rings. The molecule has 0 saturated carbocycles. The van der Waals surface area contributed by atoms with E-state index in [9.17, 15) is 4.79 Å². The van der Waals surface area contributed by atoms with E-state index in [1.54, 1.807) is 18.9 Å². The molecule has 2 N–H and O–H groups in total. The Kier molecular flexibility index (Phi) is 7.39. The van der Waals surface area contributed by atoms with Crippen LogP contribution in [0.3, 0.4) is 0 Å². The number of thioether (sulfide) groups is 1. The van der Waals surface area contributed by atoms with Crippen LogP contribution in [-0.2, 0) is 4.79 Å². The maximum Gasteiger partial charge on any atom is 0.279 e. The largest absolute Gasteiger partial charge is 0.497 e. The quantitative estimate of drug-likeness (QED) is 0.529. The number of methoxy groups -OCH3 is 1. The highest BCUT2D eigenvalue weighted by Gasteiger charge is 2.22. The first kappa shape index (κ1) is 20.3. The number of amides is 1. The van der Waals surface area contributed by atoms with Crippen molar-refractivity contribution in [3.63, 3.8) is 0 Å². The molecule has 6 heteroatoms. The molecule has 0 radical (unpaired) electrons. The maximum absolute atomic E-state index is 12.5. The standard InChI is InChI=1S/C22H27N3O2S/c1-3-16-28-21-7-5-4-6-20(21)23-22(26)17-24-12-14-25(15-13-24)18-8-10-19(27-2)11-9-18/h3-11H,1,12-17H2,2H3,(H,23,26)/p+1. The number of nitrogens with one attached hydrogen (secondary N) is 2. The second-order valence-corrected chi connectivity index (χ2v) is 7.82. The molecule has 0 atom stereocenters. The Bertz CT molecular complexity index is 787. The van der Waals surface area contributed by atoms with Gasteiger partial charge in [0.05, 0.1) is 39.0 Å². The first-order valence-corrected chi connectivity index (χ1v) is 10.5. The van der Waals surface area contributed by atoms with E-state index in [2.05, 4.69) is 28.9 Å². The van der Waals surface area contributed by atoms with Crippen LogP contribution in [0, 0.1) is 0 Å². The van der Waals surface area contributed by atoms with Crippen molar-refractivity contribution in [2.75, 3.05) is 55.8 Å². The molecule has 28 heavy (non-hydrogen) atoms. The Morgan fingerprint density at radius 1 is 1.21 bits per heavy atom. The molecule has 3 rings (SSSR count). The normalized spacial score (nSPS) is 14.5. The lowest BCUT2D eigenvalue weighted by Gasteiger charge is -2.33. The highest BCUT2D eigenvalue weighted by molar-refractivity contribution is 7.99. The number of para-hydroxylation sites is 1. The summed E-state index contributed by atoms with van der Waals surface area (Å²) in [5.41, 5.74) is 2.09. The van der Waals surface area contributed by atoms with E-state index < -0.39 is 0 Å². The van der Waals surface area contributed by atoms with E-state index in [1.807, 2.05) is 42.5 Å². The van der Waals surface area contributed by atoms with Gasteiger partial charge >= 0.3 is 0 Å². The average Bonchev–Trinajstić information content (AvgIpc) is 2.74. The van der Waals surface area contributed by atoms with Crippen LogP contribution in [0.4, 0.5) is 11.4 Å². The van der Waals surface area contributed by atoms with Gasteiger partial charge in [-0.1, -0.05) is 18.2 Å². The van der Waals surface area contributed by atoms with Crippen LogP contribution in [0.1, 0.15) is 0 Å². The minimum Gasteiger partial charge on any atom is -0.497 e. The monoisotopic (exact) mass is 398 g/mol. The predicted molar refractivity (Wildman–Crippen MR) is 117 cm³/mol. The van der Waals surface area contributed by atoms with Crippen molar-refractivity contribution in [1.29, 1.82) is 0 Å². The summed E-state index contributed by atoms with van der Waals surface area (Å²) in [4.78, 5) is 17.3. The number of hydrogen-bond acceptors (Lipinski definition) is 4. The second kappa shape index (κ2) is 10.2. The van der Waals surface area contributed by atoms with E-state index in [1.165, 1.54) is 10.6 Å². The molecule has 0 spiro atoms. The molecule has 0 unspecified atom stereocenters. The van der Waals surface area contributed by atoms with Crippen LogP contribution in [-0.4, -0.2) is 51.5 Å². The molecule has 1 heterocycles. The fourth-order valence-electron chi connectivity index (χ4n) is 3.32. The van der Waals surface area contributed by atoms with Gasteiger partial charge in [-0.3, -0.25) is 4.79 Å². The smallest absolute Gasteiger partial charge is 0.279 e. The van der Waals surface area contributed by atoms with Crippen molar-refractivity contribution < 1.29 is 14.4 Å². The van der Waals surface area contributed by atoms with E-state index in [-0.39, 0.29) is 5.91 Å². The zero-order valence-corrected chi connectivity index (χ0v) is 17.1. The highest BCUT2D eigenvalue weighted by atomic mass is 32.2. The number of piperazine rings is 1. The third-order valence-electron chi connectivity index (χ3n) is 4.84. The minimum absolute atomic E-state index is 0.0690. The zero-order chi connectivity index (χ0) is 19.8. The number of carbonyl (C=O) groups excluding carboxylic acids is 1.